The second kappa shape index (κ2) is 9.51. The Hall–Kier alpha value is -0.510. The molecule has 1 aromatic rings. The second-order valence-corrected chi connectivity index (χ2v) is 5.19. The molecule has 1 aromatic carbocycles. The summed E-state index contributed by atoms with van der Waals surface area (Å²) in [6, 6.07) is 8.78. The monoisotopic (exact) mass is 253 g/mol. The minimum absolute atomic E-state index is 0.769. The molecule has 0 bridgehead atoms. The zero-order valence-electron chi connectivity index (χ0n) is 10.9. The Morgan fingerprint density at radius 1 is 1.35 bits per heavy atom. The number of ether oxygens (including phenoxy) is 1. The van der Waals surface area contributed by atoms with Crippen LogP contribution in [-0.2, 0) is 11.3 Å². The van der Waals surface area contributed by atoms with Gasteiger partial charge < -0.3 is 10.1 Å². The minimum atomic E-state index is 0.769. The lowest BCUT2D eigenvalue weighted by molar-refractivity contribution is 0.199. The first-order valence-electron chi connectivity index (χ1n) is 6.28. The molecule has 0 aliphatic heterocycles. The van der Waals surface area contributed by atoms with E-state index in [0.717, 1.165) is 19.7 Å². The Morgan fingerprint density at radius 2 is 2.24 bits per heavy atom. The molecule has 0 atom stereocenters. The van der Waals surface area contributed by atoms with Crippen LogP contribution >= 0.6 is 11.8 Å². The van der Waals surface area contributed by atoms with Gasteiger partial charge in [-0.15, -0.1) is 11.8 Å². The Bertz CT molecular complexity index is 304. The fourth-order valence-electron chi connectivity index (χ4n) is 1.49. The number of thioether (sulfide) groups is 1. The van der Waals surface area contributed by atoms with Crippen molar-refractivity contribution >= 4 is 11.8 Å². The number of unbranched alkanes of at least 4 members (excludes halogenated alkanes) is 1. The van der Waals surface area contributed by atoms with Crippen molar-refractivity contribution in [2.75, 3.05) is 26.0 Å². The number of nitrogens with one attached hydrogen (secondary N) is 1. The van der Waals surface area contributed by atoms with Gasteiger partial charge in [0.15, 0.2) is 0 Å². The summed E-state index contributed by atoms with van der Waals surface area (Å²) in [6.07, 6.45) is 2.56. The third-order valence-corrected chi connectivity index (χ3v) is 3.56. The molecule has 0 amide bonds. The van der Waals surface area contributed by atoms with Crippen molar-refractivity contribution in [3.63, 3.8) is 0 Å². The van der Waals surface area contributed by atoms with Gasteiger partial charge in [0, 0.05) is 25.1 Å². The Morgan fingerprint density at radius 3 is 3.00 bits per heavy atom. The van der Waals surface area contributed by atoms with Crippen LogP contribution in [0.4, 0.5) is 0 Å². The van der Waals surface area contributed by atoms with Crippen molar-refractivity contribution in [2.45, 2.75) is 31.2 Å². The van der Waals surface area contributed by atoms with Crippen LogP contribution in [0.2, 0.25) is 0 Å². The maximum atomic E-state index is 5.00. The molecule has 0 spiro atoms. The molecule has 0 aromatic heterocycles. The van der Waals surface area contributed by atoms with Crippen LogP contribution in [0, 0.1) is 0 Å². The first-order valence-corrected chi connectivity index (χ1v) is 7.26. The second-order valence-electron chi connectivity index (χ2n) is 4.02. The average molecular weight is 253 g/mol. The molecule has 0 fully saturated rings. The molecule has 96 valence electrons. The van der Waals surface area contributed by atoms with Gasteiger partial charge in [0.25, 0.3) is 0 Å². The lowest BCUT2D eigenvalue weighted by atomic mass is 10.2. The summed E-state index contributed by atoms with van der Waals surface area (Å²) in [7, 11) is 1.73. The molecule has 0 unspecified atom stereocenters. The largest absolute Gasteiger partial charge is 0.383 e. The van der Waals surface area contributed by atoms with E-state index in [9.17, 15) is 0 Å². The van der Waals surface area contributed by atoms with Crippen molar-refractivity contribution in [3.05, 3.63) is 29.8 Å². The first kappa shape index (κ1) is 14.6. The molecule has 1 rings (SSSR count). The molecule has 0 radical (unpaired) electrons. The summed E-state index contributed by atoms with van der Waals surface area (Å²) >= 11 is 1.95. The molecule has 0 aliphatic carbocycles. The topological polar surface area (TPSA) is 21.3 Å². The molecular weight excluding hydrogens is 230 g/mol. The van der Waals surface area contributed by atoms with Crippen molar-refractivity contribution in [1.29, 1.82) is 0 Å². The summed E-state index contributed by atoms with van der Waals surface area (Å²) in [5.41, 5.74) is 1.35. The lowest BCUT2D eigenvalue weighted by Gasteiger charge is -2.06. The molecule has 2 nitrogen and oxygen atoms in total. The highest BCUT2D eigenvalue weighted by molar-refractivity contribution is 7.99. The third kappa shape index (κ3) is 6.71. The first-order chi connectivity index (χ1) is 8.36. The normalized spacial score (nSPS) is 10.7. The van der Waals surface area contributed by atoms with Crippen molar-refractivity contribution in [3.8, 4) is 0 Å². The van der Waals surface area contributed by atoms with Gasteiger partial charge in [-0.25, -0.2) is 0 Å². The van der Waals surface area contributed by atoms with Crippen LogP contribution in [0.1, 0.15) is 25.3 Å². The smallest absolute Gasteiger partial charge is 0.0587 e. The highest BCUT2D eigenvalue weighted by Gasteiger charge is 1.97. The Kier molecular flexibility index (Phi) is 8.14. The van der Waals surface area contributed by atoms with Gasteiger partial charge >= 0.3 is 0 Å². The van der Waals surface area contributed by atoms with Crippen LogP contribution in [0.25, 0.3) is 0 Å². The Labute approximate surface area is 109 Å². The highest BCUT2D eigenvalue weighted by Crippen LogP contribution is 2.20. The SMILES string of the molecule is CCCCSc1cccc(CNCCOC)c1. The predicted molar refractivity (Wildman–Crippen MR) is 75.7 cm³/mol. The van der Waals surface area contributed by atoms with E-state index in [2.05, 4.69) is 36.5 Å². The van der Waals surface area contributed by atoms with E-state index in [0.29, 0.717) is 0 Å². The highest BCUT2D eigenvalue weighted by atomic mass is 32.2. The number of rotatable bonds is 9. The van der Waals surface area contributed by atoms with Gasteiger partial charge in [0.2, 0.25) is 0 Å². The molecule has 0 saturated carbocycles. The molecular formula is C14H23NOS. The predicted octanol–water partition coefficient (Wildman–Crippen LogP) is 3.31. The Balaban J connectivity index is 2.31. The van der Waals surface area contributed by atoms with Gasteiger partial charge in [-0.05, 0) is 29.9 Å². The zero-order valence-corrected chi connectivity index (χ0v) is 11.7. The van der Waals surface area contributed by atoms with Crippen LogP contribution in [-0.4, -0.2) is 26.0 Å². The number of hydrogen-bond acceptors (Lipinski definition) is 3. The van der Waals surface area contributed by atoms with Crippen LogP contribution < -0.4 is 5.32 Å². The summed E-state index contributed by atoms with van der Waals surface area (Å²) in [4.78, 5) is 1.38. The lowest BCUT2D eigenvalue weighted by Crippen LogP contribution is -2.18. The van der Waals surface area contributed by atoms with Gasteiger partial charge in [-0.1, -0.05) is 25.5 Å². The van der Waals surface area contributed by atoms with E-state index in [1.54, 1.807) is 7.11 Å². The van der Waals surface area contributed by atoms with Gasteiger partial charge in [-0.3, -0.25) is 0 Å². The number of hydrogen-bond donors (Lipinski definition) is 1. The maximum absolute atomic E-state index is 5.00. The number of benzene rings is 1. The van der Waals surface area contributed by atoms with Gasteiger partial charge in [0.05, 0.1) is 6.61 Å². The van der Waals surface area contributed by atoms with Crippen molar-refractivity contribution in [2.24, 2.45) is 0 Å². The molecule has 3 heteroatoms. The van der Waals surface area contributed by atoms with E-state index >= 15 is 0 Å². The molecule has 0 saturated heterocycles. The zero-order chi connectivity index (χ0) is 12.3. The quantitative estimate of drug-likeness (QED) is 0.539. The van der Waals surface area contributed by atoms with E-state index in [4.69, 9.17) is 4.74 Å². The van der Waals surface area contributed by atoms with Crippen LogP contribution in [0.5, 0.6) is 0 Å². The number of methoxy groups -OCH3 is 1. The van der Waals surface area contributed by atoms with Gasteiger partial charge in [0.1, 0.15) is 0 Å². The van der Waals surface area contributed by atoms with Crippen molar-refractivity contribution < 1.29 is 4.74 Å². The van der Waals surface area contributed by atoms with Gasteiger partial charge in [-0.2, -0.15) is 0 Å². The fraction of sp³-hybridized carbons (Fsp3) is 0.571. The molecule has 17 heavy (non-hydrogen) atoms. The summed E-state index contributed by atoms with van der Waals surface area (Å²) < 4.78 is 5.00. The molecule has 1 N–H and O–H groups in total. The molecule has 0 heterocycles. The van der Waals surface area contributed by atoms with E-state index < -0.39 is 0 Å². The molecule has 0 aliphatic rings. The van der Waals surface area contributed by atoms with Crippen molar-refractivity contribution in [1.82, 2.24) is 5.32 Å². The van der Waals surface area contributed by atoms with E-state index in [1.807, 2.05) is 11.8 Å². The fourth-order valence-corrected chi connectivity index (χ4v) is 2.56. The summed E-state index contributed by atoms with van der Waals surface area (Å²) in [5, 5.41) is 3.36. The minimum Gasteiger partial charge on any atom is -0.383 e. The maximum Gasteiger partial charge on any atom is 0.0587 e. The summed E-state index contributed by atoms with van der Waals surface area (Å²) in [5.74, 6) is 1.22. The van der Waals surface area contributed by atoms with E-state index in [1.165, 1.54) is 29.1 Å². The van der Waals surface area contributed by atoms with Crippen LogP contribution in [0.3, 0.4) is 0 Å². The third-order valence-electron chi connectivity index (χ3n) is 2.48. The standard InChI is InChI=1S/C14H23NOS/c1-3-4-10-17-14-7-5-6-13(11-14)12-15-8-9-16-2/h5-7,11,15H,3-4,8-10,12H2,1-2H3. The van der Waals surface area contributed by atoms with Crippen LogP contribution in [0.15, 0.2) is 29.2 Å². The van der Waals surface area contributed by atoms with E-state index in [-0.39, 0.29) is 0 Å². The summed E-state index contributed by atoms with van der Waals surface area (Å²) in [6.45, 7) is 4.83. The average Bonchev–Trinajstić information content (AvgIpc) is 2.36.